The zero-order chi connectivity index (χ0) is 14.3. The van der Waals surface area contributed by atoms with E-state index in [1.807, 2.05) is 37.3 Å². The smallest absolute Gasteiger partial charge is 0.354 e. The SMILES string of the molecule is CC(CNC(=O)CNCC(F)(F)F)c1ccccc1. The molecule has 1 amide bonds. The van der Waals surface area contributed by atoms with Gasteiger partial charge in [0.15, 0.2) is 0 Å². The Hall–Kier alpha value is -1.56. The molecule has 0 fully saturated rings. The van der Waals surface area contributed by atoms with Crippen molar-refractivity contribution in [2.75, 3.05) is 19.6 Å². The van der Waals surface area contributed by atoms with Gasteiger partial charge in [-0.25, -0.2) is 0 Å². The van der Waals surface area contributed by atoms with Crippen LogP contribution in [0.5, 0.6) is 0 Å². The lowest BCUT2D eigenvalue weighted by Crippen LogP contribution is -2.39. The molecule has 0 aliphatic rings. The van der Waals surface area contributed by atoms with Crippen LogP contribution in [-0.4, -0.2) is 31.7 Å². The molecule has 0 radical (unpaired) electrons. The molecular weight excluding hydrogens is 257 g/mol. The number of benzene rings is 1. The summed E-state index contributed by atoms with van der Waals surface area (Å²) < 4.78 is 35.5. The predicted molar refractivity (Wildman–Crippen MR) is 66.8 cm³/mol. The Balaban J connectivity index is 2.23. The van der Waals surface area contributed by atoms with E-state index in [0.717, 1.165) is 5.56 Å². The van der Waals surface area contributed by atoms with Gasteiger partial charge in [0.2, 0.25) is 5.91 Å². The van der Waals surface area contributed by atoms with Crippen molar-refractivity contribution in [3.8, 4) is 0 Å². The summed E-state index contributed by atoms with van der Waals surface area (Å²) in [6, 6.07) is 9.59. The van der Waals surface area contributed by atoms with Gasteiger partial charge in [-0.15, -0.1) is 0 Å². The number of hydrogen-bond acceptors (Lipinski definition) is 2. The fraction of sp³-hybridized carbons (Fsp3) is 0.462. The number of halogens is 3. The molecule has 0 bridgehead atoms. The fourth-order valence-electron chi connectivity index (χ4n) is 1.55. The molecule has 0 saturated carbocycles. The monoisotopic (exact) mass is 274 g/mol. The van der Waals surface area contributed by atoms with Gasteiger partial charge in [0, 0.05) is 6.54 Å². The van der Waals surface area contributed by atoms with Gasteiger partial charge in [-0.05, 0) is 11.5 Å². The normalized spacial score (nSPS) is 13.1. The second-order valence-corrected chi connectivity index (χ2v) is 4.33. The number of carbonyl (C=O) groups excluding carboxylic acids is 1. The molecule has 0 heterocycles. The second-order valence-electron chi connectivity index (χ2n) is 4.33. The third-order valence-electron chi connectivity index (χ3n) is 2.59. The summed E-state index contributed by atoms with van der Waals surface area (Å²) in [5.74, 6) is -0.320. The molecule has 0 spiro atoms. The molecule has 0 aliphatic heterocycles. The van der Waals surface area contributed by atoms with Gasteiger partial charge in [0.25, 0.3) is 0 Å². The van der Waals surface area contributed by atoms with E-state index >= 15 is 0 Å². The van der Waals surface area contributed by atoms with E-state index in [1.165, 1.54) is 0 Å². The summed E-state index contributed by atoms with van der Waals surface area (Å²) in [5.41, 5.74) is 1.08. The quantitative estimate of drug-likeness (QED) is 0.833. The van der Waals surface area contributed by atoms with Gasteiger partial charge in [0.1, 0.15) is 0 Å². The summed E-state index contributed by atoms with van der Waals surface area (Å²) in [4.78, 5) is 11.3. The van der Waals surface area contributed by atoms with Crippen LogP contribution in [0.2, 0.25) is 0 Å². The standard InChI is InChI=1S/C13H17F3N2O/c1-10(11-5-3-2-4-6-11)7-18-12(19)8-17-9-13(14,15)16/h2-6,10,17H,7-9H2,1H3,(H,18,19). The topological polar surface area (TPSA) is 41.1 Å². The Kier molecular flexibility index (Phi) is 5.82. The lowest BCUT2D eigenvalue weighted by molar-refractivity contribution is -0.128. The van der Waals surface area contributed by atoms with E-state index in [9.17, 15) is 18.0 Å². The first kappa shape index (κ1) is 15.5. The molecule has 1 atom stereocenters. The van der Waals surface area contributed by atoms with E-state index in [0.29, 0.717) is 6.54 Å². The van der Waals surface area contributed by atoms with Gasteiger partial charge >= 0.3 is 6.18 Å². The molecule has 3 nitrogen and oxygen atoms in total. The van der Waals surface area contributed by atoms with E-state index in [1.54, 1.807) is 0 Å². The minimum Gasteiger partial charge on any atom is -0.354 e. The maximum atomic E-state index is 11.8. The van der Waals surface area contributed by atoms with Crippen LogP contribution in [0.15, 0.2) is 30.3 Å². The number of nitrogens with one attached hydrogen (secondary N) is 2. The van der Waals surface area contributed by atoms with Crippen LogP contribution in [-0.2, 0) is 4.79 Å². The molecule has 0 aromatic heterocycles. The van der Waals surface area contributed by atoms with Crippen molar-refractivity contribution in [2.24, 2.45) is 0 Å². The zero-order valence-electron chi connectivity index (χ0n) is 10.6. The highest BCUT2D eigenvalue weighted by Gasteiger charge is 2.26. The van der Waals surface area contributed by atoms with Crippen molar-refractivity contribution in [3.63, 3.8) is 0 Å². The summed E-state index contributed by atoms with van der Waals surface area (Å²) in [6.07, 6.45) is -4.29. The maximum Gasteiger partial charge on any atom is 0.401 e. The molecule has 6 heteroatoms. The van der Waals surface area contributed by atoms with Crippen molar-refractivity contribution in [2.45, 2.75) is 19.0 Å². The largest absolute Gasteiger partial charge is 0.401 e. The number of alkyl halides is 3. The Morgan fingerprint density at radius 3 is 2.47 bits per heavy atom. The number of hydrogen-bond donors (Lipinski definition) is 2. The summed E-state index contributed by atoms with van der Waals surface area (Å²) in [5, 5.41) is 4.65. The summed E-state index contributed by atoms with van der Waals surface area (Å²) in [6.45, 7) is 0.852. The average Bonchev–Trinajstić information content (AvgIpc) is 2.35. The molecule has 106 valence electrons. The first-order chi connectivity index (χ1) is 8.88. The van der Waals surface area contributed by atoms with Crippen molar-refractivity contribution in [3.05, 3.63) is 35.9 Å². The lowest BCUT2D eigenvalue weighted by Gasteiger charge is -2.13. The molecule has 0 saturated heterocycles. The second kappa shape index (κ2) is 7.13. The predicted octanol–water partition coefficient (Wildman–Crippen LogP) is 2.06. The van der Waals surface area contributed by atoms with Crippen molar-refractivity contribution in [1.29, 1.82) is 0 Å². The van der Waals surface area contributed by atoms with Crippen LogP contribution in [0, 0.1) is 0 Å². The summed E-state index contributed by atoms with van der Waals surface area (Å²) >= 11 is 0. The van der Waals surface area contributed by atoms with Crippen molar-refractivity contribution < 1.29 is 18.0 Å². The Bertz CT molecular complexity index is 393. The summed E-state index contributed by atoms with van der Waals surface area (Å²) in [7, 11) is 0. The molecule has 1 aromatic rings. The van der Waals surface area contributed by atoms with E-state index in [-0.39, 0.29) is 12.5 Å². The van der Waals surface area contributed by atoms with Crippen molar-refractivity contribution >= 4 is 5.91 Å². The van der Waals surface area contributed by atoms with Crippen LogP contribution < -0.4 is 10.6 Å². The number of rotatable bonds is 6. The first-order valence-electron chi connectivity index (χ1n) is 5.97. The van der Waals surface area contributed by atoms with Crippen LogP contribution in [0.4, 0.5) is 13.2 Å². The zero-order valence-corrected chi connectivity index (χ0v) is 10.6. The molecule has 0 aliphatic carbocycles. The molecule has 2 N–H and O–H groups in total. The Morgan fingerprint density at radius 2 is 1.89 bits per heavy atom. The maximum absolute atomic E-state index is 11.8. The molecule has 1 rings (SSSR count). The van der Waals surface area contributed by atoms with Crippen LogP contribution >= 0.6 is 0 Å². The van der Waals surface area contributed by atoms with Gasteiger partial charge in [0.05, 0.1) is 13.1 Å². The molecular formula is C13H17F3N2O. The Morgan fingerprint density at radius 1 is 1.26 bits per heavy atom. The van der Waals surface area contributed by atoms with Crippen LogP contribution in [0.3, 0.4) is 0 Å². The molecule has 1 aromatic carbocycles. The molecule has 19 heavy (non-hydrogen) atoms. The average molecular weight is 274 g/mol. The number of amides is 1. The third kappa shape index (κ3) is 6.81. The highest BCUT2D eigenvalue weighted by Crippen LogP contribution is 2.13. The van der Waals surface area contributed by atoms with E-state index < -0.39 is 18.6 Å². The molecule has 1 unspecified atom stereocenters. The van der Waals surface area contributed by atoms with Gasteiger partial charge < -0.3 is 10.6 Å². The minimum atomic E-state index is -4.29. The van der Waals surface area contributed by atoms with E-state index in [4.69, 9.17) is 0 Å². The number of carbonyl (C=O) groups is 1. The highest BCUT2D eigenvalue weighted by atomic mass is 19.4. The minimum absolute atomic E-state index is 0.118. The van der Waals surface area contributed by atoms with Gasteiger partial charge in [-0.3, -0.25) is 4.79 Å². The third-order valence-corrected chi connectivity index (χ3v) is 2.59. The van der Waals surface area contributed by atoms with E-state index in [2.05, 4.69) is 10.6 Å². The van der Waals surface area contributed by atoms with Gasteiger partial charge in [-0.2, -0.15) is 13.2 Å². The van der Waals surface area contributed by atoms with Crippen LogP contribution in [0.25, 0.3) is 0 Å². The lowest BCUT2D eigenvalue weighted by atomic mass is 10.0. The first-order valence-corrected chi connectivity index (χ1v) is 5.97. The Labute approximate surface area is 110 Å². The van der Waals surface area contributed by atoms with Crippen molar-refractivity contribution in [1.82, 2.24) is 10.6 Å². The van der Waals surface area contributed by atoms with Gasteiger partial charge in [-0.1, -0.05) is 37.3 Å². The van der Waals surface area contributed by atoms with Crippen LogP contribution in [0.1, 0.15) is 18.4 Å². The highest BCUT2D eigenvalue weighted by molar-refractivity contribution is 5.78. The fourth-order valence-corrected chi connectivity index (χ4v) is 1.55.